The minimum absolute atomic E-state index is 0.0861. The number of carbonyl (C=O) groups excluding carboxylic acids is 3. The maximum Gasteiger partial charge on any atom is 0.408 e. The molecule has 0 heterocycles. The first-order chi connectivity index (χ1) is 14.0. The van der Waals surface area contributed by atoms with Gasteiger partial charge in [0, 0.05) is 12.0 Å². The monoisotopic (exact) mass is 397 g/mol. The third-order valence-electron chi connectivity index (χ3n) is 4.44. The summed E-state index contributed by atoms with van der Waals surface area (Å²) in [5.74, 6) is -0.678. The Hall–Kier alpha value is -3.15. The fraction of sp³-hybridized carbons (Fsp3) is 0.348. The second-order valence-electron chi connectivity index (χ2n) is 6.74. The number of esters is 1. The molecule has 29 heavy (non-hydrogen) atoms. The van der Waals surface area contributed by atoms with E-state index >= 15 is 0 Å². The Balaban J connectivity index is 1.95. The molecule has 1 amide bonds. The van der Waals surface area contributed by atoms with Crippen LogP contribution >= 0.6 is 0 Å². The van der Waals surface area contributed by atoms with Gasteiger partial charge < -0.3 is 14.8 Å². The molecule has 2 aromatic carbocycles. The van der Waals surface area contributed by atoms with Crippen molar-refractivity contribution >= 4 is 17.8 Å². The molecule has 2 atom stereocenters. The molecule has 2 rings (SSSR count). The molecule has 0 spiro atoms. The highest BCUT2D eigenvalue weighted by molar-refractivity contribution is 5.96. The molecule has 0 bridgehead atoms. The molecule has 0 aliphatic carbocycles. The van der Waals surface area contributed by atoms with Crippen LogP contribution in [0.1, 0.15) is 49.0 Å². The van der Waals surface area contributed by atoms with E-state index in [9.17, 15) is 14.4 Å². The molecule has 0 aliphatic heterocycles. The lowest BCUT2D eigenvalue weighted by atomic mass is 10.0. The van der Waals surface area contributed by atoms with E-state index in [2.05, 4.69) is 5.32 Å². The second kappa shape index (κ2) is 11.6. The number of hydrogen-bond acceptors (Lipinski definition) is 5. The fourth-order valence-corrected chi connectivity index (χ4v) is 2.56. The van der Waals surface area contributed by atoms with Crippen molar-refractivity contribution in [2.45, 2.75) is 51.9 Å². The molecular formula is C23H27NO5. The standard InChI is InChI=1S/C23H27NO5/c1-3-17(2)29-22(26)20(14-15-21(25)19-12-8-5-9-13-19)24-23(27)28-16-18-10-6-4-7-11-18/h4-13,17,20H,3,14-16H2,1-2H3,(H,24,27). The number of ether oxygens (including phenoxy) is 2. The van der Waals surface area contributed by atoms with E-state index in [1.54, 1.807) is 31.2 Å². The molecule has 1 N–H and O–H groups in total. The molecule has 0 saturated heterocycles. The van der Waals surface area contributed by atoms with Gasteiger partial charge in [-0.3, -0.25) is 4.79 Å². The molecule has 0 aromatic heterocycles. The van der Waals surface area contributed by atoms with Gasteiger partial charge >= 0.3 is 12.1 Å². The molecule has 0 aliphatic rings. The van der Waals surface area contributed by atoms with E-state index in [1.807, 2.05) is 43.3 Å². The Labute approximate surface area is 171 Å². The van der Waals surface area contributed by atoms with Crippen LogP contribution in [-0.2, 0) is 20.9 Å². The third-order valence-corrected chi connectivity index (χ3v) is 4.44. The van der Waals surface area contributed by atoms with Gasteiger partial charge in [0.1, 0.15) is 12.6 Å². The Kier molecular flexibility index (Phi) is 8.89. The number of Topliss-reactive ketones (excluding diaryl/α,β-unsaturated/α-hetero) is 1. The van der Waals surface area contributed by atoms with E-state index in [0.29, 0.717) is 12.0 Å². The Morgan fingerprint density at radius 1 is 0.966 bits per heavy atom. The van der Waals surface area contributed by atoms with E-state index < -0.39 is 18.1 Å². The maximum absolute atomic E-state index is 12.5. The first-order valence-corrected chi connectivity index (χ1v) is 9.75. The van der Waals surface area contributed by atoms with E-state index in [-0.39, 0.29) is 31.3 Å². The lowest BCUT2D eigenvalue weighted by Gasteiger charge is -2.19. The molecule has 6 heteroatoms. The SMILES string of the molecule is CCC(C)OC(=O)C(CCC(=O)c1ccccc1)NC(=O)OCc1ccccc1. The van der Waals surface area contributed by atoms with Crippen molar-refractivity contribution in [2.24, 2.45) is 0 Å². The van der Waals surface area contributed by atoms with Gasteiger partial charge in [-0.15, -0.1) is 0 Å². The van der Waals surface area contributed by atoms with E-state index in [1.165, 1.54) is 0 Å². The molecular weight excluding hydrogens is 370 g/mol. The number of rotatable bonds is 10. The van der Waals surface area contributed by atoms with Gasteiger partial charge in [-0.25, -0.2) is 9.59 Å². The smallest absolute Gasteiger partial charge is 0.408 e. The number of benzene rings is 2. The number of nitrogens with one attached hydrogen (secondary N) is 1. The van der Waals surface area contributed by atoms with Gasteiger partial charge in [-0.05, 0) is 25.3 Å². The van der Waals surface area contributed by atoms with E-state index in [4.69, 9.17) is 9.47 Å². The van der Waals surface area contributed by atoms with Gasteiger partial charge in [-0.2, -0.15) is 0 Å². The van der Waals surface area contributed by atoms with Crippen LogP contribution in [-0.4, -0.2) is 30.0 Å². The van der Waals surface area contributed by atoms with Crippen LogP contribution in [0, 0.1) is 0 Å². The molecule has 2 aromatic rings. The minimum Gasteiger partial charge on any atom is -0.461 e. The summed E-state index contributed by atoms with van der Waals surface area (Å²) in [6.45, 7) is 3.76. The highest BCUT2D eigenvalue weighted by Crippen LogP contribution is 2.10. The fourth-order valence-electron chi connectivity index (χ4n) is 2.56. The minimum atomic E-state index is -0.958. The number of amides is 1. The average Bonchev–Trinajstić information content (AvgIpc) is 2.76. The van der Waals surface area contributed by atoms with Gasteiger partial charge in [0.05, 0.1) is 6.10 Å². The predicted octanol–water partition coefficient (Wildman–Crippen LogP) is 4.29. The van der Waals surface area contributed by atoms with E-state index in [0.717, 1.165) is 5.56 Å². The molecule has 6 nitrogen and oxygen atoms in total. The first-order valence-electron chi connectivity index (χ1n) is 9.75. The predicted molar refractivity (Wildman–Crippen MR) is 109 cm³/mol. The largest absolute Gasteiger partial charge is 0.461 e. The van der Waals surface area contributed by atoms with Crippen molar-refractivity contribution in [3.8, 4) is 0 Å². The summed E-state index contributed by atoms with van der Waals surface area (Å²) in [6.07, 6.45) is -0.129. The molecule has 0 saturated carbocycles. The van der Waals surface area contributed by atoms with Gasteiger partial charge in [0.25, 0.3) is 0 Å². The Morgan fingerprint density at radius 2 is 1.59 bits per heavy atom. The summed E-state index contributed by atoms with van der Waals surface area (Å²) in [7, 11) is 0. The Bertz CT molecular complexity index is 791. The van der Waals surface area contributed by atoms with Crippen molar-refractivity contribution in [3.63, 3.8) is 0 Å². The Morgan fingerprint density at radius 3 is 2.21 bits per heavy atom. The second-order valence-corrected chi connectivity index (χ2v) is 6.74. The molecule has 154 valence electrons. The third kappa shape index (κ3) is 7.78. The average molecular weight is 397 g/mol. The van der Waals surface area contributed by atoms with Crippen LogP contribution in [0.2, 0.25) is 0 Å². The van der Waals surface area contributed by atoms with Crippen molar-refractivity contribution in [2.75, 3.05) is 0 Å². The van der Waals surface area contributed by atoms with Crippen molar-refractivity contribution in [1.82, 2.24) is 5.32 Å². The summed E-state index contributed by atoms with van der Waals surface area (Å²) in [4.78, 5) is 37.0. The number of alkyl carbamates (subject to hydrolysis) is 1. The number of hydrogen-bond donors (Lipinski definition) is 1. The summed E-state index contributed by atoms with van der Waals surface area (Å²) in [6, 6.07) is 17.1. The van der Waals surface area contributed by atoms with Crippen molar-refractivity contribution < 1.29 is 23.9 Å². The molecule has 0 radical (unpaired) electrons. The highest BCUT2D eigenvalue weighted by Gasteiger charge is 2.25. The quantitative estimate of drug-likeness (QED) is 0.478. The maximum atomic E-state index is 12.5. The van der Waals surface area contributed by atoms with Crippen LogP contribution in [0.5, 0.6) is 0 Å². The molecule has 0 fully saturated rings. The highest BCUT2D eigenvalue weighted by atomic mass is 16.6. The summed E-state index contributed by atoms with van der Waals surface area (Å²) in [5.41, 5.74) is 1.40. The topological polar surface area (TPSA) is 81.7 Å². The van der Waals surface area contributed by atoms with Gasteiger partial charge in [-0.1, -0.05) is 67.6 Å². The molecule has 2 unspecified atom stereocenters. The zero-order valence-electron chi connectivity index (χ0n) is 16.8. The number of carbonyl (C=O) groups is 3. The van der Waals surface area contributed by atoms with Crippen molar-refractivity contribution in [1.29, 1.82) is 0 Å². The lowest BCUT2D eigenvalue weighted by Crippen LogP contribution is -2.43. The summed E-state index contributed by atoms with van der Waals surface area (Å²) < 4.78 is 10.5. The normalized spacial score (nSPS) is 12.5. The number of ketones is 1. The lowest BCUT2D eigenvalue weighted by molar-refractivity contribution is -0.151. The zero-order valence-corrected chi connectivity index (χ0v) is 16.8. The zero-order chi connectivity index (χ0) is 21.1. The van der Waals surface area contributed by atoms with Crippen molar-refractivity contribution in [3.05, 3.63) is 71.8 Å². The van der Waals surface area contributed by atoms with Crippen LogP contribution in [0.25, 0.3) is 0 Å². The van der Waals surface area contributed by atoms with Crippen LogP contribution in [0.3, 0.4) is 0 Å². The van der Waals surface area contributed by atoms with Crippen LogP contribution in [0.4, 0.5) is 4.79 Å². The van der Waals surface area contributed by atoms with Crippen LogP contribution in [0.15, 0.2) is 60.7 Å². The summed E-state index contributed by atoms with van der Waals surface area (Å²) >= 11 is 0. The summed E-state index contributed by atoms with van der Waals surface area (Å²) in [5, 5.41) is 2.54. The van der Waals surface area contributed by atoms with Crippen LogP contribution < -0.4 is 5.32 Å². The van der Waals surface area contributed by atoms with Gasteiger partial charge in [0.2, 0.25) is 0 Å². The van der Waals surface area contributed by atoms with Gasteiger partial charge in [0.15, 0.2) is 5.78 Å². The first kappa shape index (κ1) is 22.1.